The number of hydrogen-bond donors (Lipinski definition) is 0. The van der Waals surface area contributed by atoms with Crippen molar-refractivity contribution < 1.29 is 0 Å². The van der Waals surface area contributed by atoms with Crippen LogP contribution in [0.15, 0.2) is 231 Å². The summed E-state index contributed by atoms with van der Waals surface area (Å²) in [7, 11) is 0. The molecule has 0 saturated heterocycles. The predicted octanol–water partition coefficient (Wildman–Crippen LogP) is 16.6. The molecule has 63 heavy (non-hydrogen) atoms. The third-order valence-electron chi connectivity index (χ3n) is 13.1. The van der Waals surface area contributed by atoms with Gasteiger partial charge in [-0.1, -0.05) is 176 Å². The lowest BCUT2D eigenvalue weighted by Gasteiger charge is -2.15. The predicted molar refractivity (Wildman–Crippen MR) is 268 cm³/mol. The third kappa shape index (κ3) is 5.84. The molecule has 2 nitrogen and oxygen atoms in total. The molecule has 0 bridgehead atoms. The lowest BCUT2D eigenvalue weighted by molar-refractivity contribution is 1.16. The maximum absolute atomic E-state index is 5.28. The molecule has 0 radical (unpaired) electrons. The second-order valence-electron chi connectivity index (χ2n) is 16.7. The van der Waals surface area contributed by atoms with Gasteiger partial charge in [-0.15, -0.1) is 0 Å². The molecule has 2 heterocycles. The van der Waals surface area contributed by atoms with Gasteiger partial charge in [0, 0.05) is 21.9 Å². The van der Waals surface area contributed by atoms with Crippen molar-refractivity contribution in [1.29, 1.82) is 0 Å². The molecule has 0 atom stereocenters. The number of aromatic nitrogens is 2. The Kier molecular flexibility index (Phi) is 7.94. The van der Waals surface area contributed by atoms with Gasteiger partial charge in [0.25, 0.3) is 0 Å². The molecule has 0 unspecified atom stereocenters. The molecular weight excluding hydrogens is 761 g/mol. The van der Waals surface area contributed by atoms with Gasteiger partial charge < -0.3 is 4.57 Å². The van der Waals surface area contributed by atoms with Crippen LogP contribution in [0.1, 0.15) is 0 Å². The number of rotatable bonds is 5. The highest BCUT2D eigenvalue weighted by Gasteiger charge is 2.20. The number of pyridine rings is 1. The molecule has 0 aliphatic heterocycles. The first-order valence-electron chi connectivity index (χ1n) is 21.7. The molecule has 11 aromatic carbocycles. The summed E-state index contributed by atoms with van der Waals surface area (Å²) >= 11 is 0. The van der Waals surface area contributed by atoms with Crippen LogP contribution in [0.3, 0.4) is 0 Å². The normalized spacial score (nSPS) is 11.8. The van der Waals surface area contributed by atoms with Gasteiger partial charge in [-0.05, 0) is 131 Å². The molecule has 13 aromatic rings. The van der Waals surface area contributed by atoms with E-state index in [1.54, 1.807) is 0 Å². The Bertz CT molecular complexity index is 3900. The maximum Gasteiger partial charge on any atom is 0.0730 e. The maximum atomic E-state index is 5.28. The van der Waals surface area contributed by atoms with Crippen molar-refractivity contribution in [2.75, 3.05) is 0 Å². The molecule has 13 rings (SSSR count). The first kappa shape index (κ1) is 35.4. The van der Waals surface area contributed by atoms with Crippen LogP contribution in [0.5, 0.6) is 0 Å². The average molecular weight is 799 g/mol. The highest BCUT2D eigenvalue weighted by Crippen LogP contribution is 2.44. The third-order valence-corrected chi connectivity index (χ3v) is 13.1. The van der Waals surface area contributed by atoms with Crippen LogP contribution < -0.4 is 0 Å². The van der Waals surface area contributed by atoms with Gasteiger partial charge in [0.2, 0.25) is 0 Å². The summed E-state index contributed by atoms with van der Waals surface area (Å²) in [6.45, 7) is 0. The van der Waals surface area contributed by atoms with E-state index in [4.69, 9.17) is 4.98 Å². The Balaban J connectivity index is 1.11. The molecule has 0 fully saturated rings. The van der Waals surface area contributed by atoms with Crippen molar-refractivity contribution >= 4 is 75.7 Å². The van der Waals surface area contributed by atoms with Gasteiger partial charge in [-0.25, -0.2) is 4.98 Å². The van der Waals surface area contributed by atoms with Crippen LogP contribution in [0, 0.1) is 0 Å². The Morgan fingerprint density at radius 1 is 0.238 bits per heavy atom. The summed E-state index contributed by atoms with van der Waals surface area (Å²) in [6.07, 6.45) is 0. The van der Waals surface area contributed by atoms with E-state index in [-0.39, 0.29) is 0 Å². The topological polar surface area (TPSA) is 17.8 Å². The van der Waals surface area contributed by atoms with Gasteiger partial charge in [0.1, 0.15) is 0 Å². The largest absolute Gasteiger partial charge is 0.309 e. The SMILES string of the molecule is c1ccc(-c2cc(-n3c4ccc(-c5ccc6ccccc6c5)cc4c4cc5c6ccc(-c7ccc8ccccc8c7)cc6c6ccccc6c5cc43)cc(-c3ccccc3)n2)cc1. The van der Waals surface area contributed by atoms with Gasteiger partial charge in [-0.3, -0.25) is 0 Å². The van der Waals surface area contributed by atoms with E-state index in [1.807, 2.05) is 0 Å². The summed E-state index contributed by atoms with van der Waals surface area (Å²) in [4.78, 5) is 5.28. The first-order chi connectivity index (χ1) is 31.2. The van der Waals surface area contributed by atoms with Crippen LogP contribution in [-0.4, -0.2) is 9.55 Å². The summed E-state index contributed by atoms with van der Waals surface area (Å²) in [5.41, 5.74) is 12.3. The molecule has 2 aromatic heterocycles. The number of nitrogens with zero attached hydrogens (tertiary/aromatic N) is 2. The van der Waals surface area contributed by atoms with Gasteiger partial charge in [-0.2, -0.15) is 0 Å². The summed E-state index contributed by atoms with van der Waals surface area (Å²) in [5.74, 6) is 0. The van der Waals surface area contributed by atoms with Crippen molar-refractivity contribution in [2.45, 2.75) is 0 Å². The highest BCUT2D eigenvalue weighted by atomic mass is 15.0. The highest BCUT2D eigenvalue weighted by molar-refractivity contribution is 6.29. The van der Waals surface area contributed by atoms with Gasteiger partial charge in [0.15, 0.2) is 0 Å². The van der Waals surface area contributed by atoms with E-state index in [0.29, 0.717) is 0 Å². The second-order valence-corrected chi connectivity index (χ2v) is 16.7. The molecule has 0 spiro atoms. The zero-order valence-electron chi connectivity index (χ0n) is 34.3. The second kappa shape index (κ2) is 14.1. The van der Waals surface area contributed by atoms with Crippen LogP contribution >= 0.6 is 0 Å². The molecular formula is C61H38N2. The fourth-order valence-corrected chi connectivity index (χ4v) is 10.00. The molecule has 2 heteroatoms. The summed E-state index contributed by atoms with van der Waals surface area (Å²) in [6, 6.07) is 84.4. The smallest absolute Gasteiger partial charge is 0.0730 e. The van der Waals surface area contributed by atoms with Crippen molar-refractivity contribution in [3.05, 3.63) is 231 Å². The van der Waals surface area contributed by atoms with Crippen molar-refractivity contribution in [3.63, 3.8) is 0 Å². The van der Waals surface area contributed by atoms with E-state index in [1.165, 1.54) is 86.9 Å². The van der Waals surface area contributed by atoms with E-state index in [0.717, 1.165) is 39.2 Å². The standard InChI is InChI=1S/C61H38N2/c1-3-15-41(16-4-1)58-35-49(36-59(62-58)42-17-5-2-6-18-42)63-60-30-28-48(46-26-24-40-14-8-10-20-44(40)32-46)34-56(60)57-37-54-52-29-27-47(45-25-23-39-13-7-9-19-43(39)31-45)33-53(52)50-21-11-12-22-51(50)55(54)38-61(57)63/h1-38H. The monoisotopic (exact) mass is 798 g/mol. The van der Waals surface area contributed by atoms with E-state index >= 15 is 0 Å². The molecule has 292 valence electrons. The van der Waals surface area contributed by atoms with Crippen molar-refractivity contribution in [1.82, 2.24) is 9.55 Å². The fourth-order valence-electron chi connectivity index (χ4n) is 10.00. The summed E-state index contributed by atoms with van der Waals surface area (Å²) in [5, 5.41) is 14.9. The lowest BCUT2D eigenvalue weighted by Crippen LogP contribution is -1.98. The van der Waals surface area contributed by atoms with E-state index in [9.17, 15) is 0 Å². The lowest BCUT2D eigenvalue weighted by atomic mass is 9.90. The Hall–Kier alpha value is -8.33. The van der Waals surface area contributed by atoms with Crippen molar-refractivity contribution in [2.24, 2.45) is 0 Å². The average Bonchev–Trinajstić information content (AvgIpc) is 3.68. The number of benzene rings is 11. The molecule has 0 aliphatic carbocycles. The zero-order chi connectivity index (χ0) is 41.4. The molecule has 0 aliphatic rings. The van der Waals surface area contributed by atoms with Crippen LogP contribution in [0.25, 0.3) is 126 Å². The minimum atomic E-state index is 0.939. The van der Waals surface area contributed by atoms with Crippen molar-refractivity contribution in [3.8, 4) is 50.5 Å². The van der Waals surface area contributed by atoms with E-state index in [2.05, 4.69) is 235 Å². The number of fused-ring (bicyclic) bond motifs is 11. The fraction of sp³-hybridized carbons (Fsp3) is 0. The number of hydrogen-bond acceptors (Lipinski definition) is 1. The molecule has 0 saturated carbocycles. The zero-order valence-corrected chi connectivity index (χ0v) is 34.3. The Morgan fingerprint density at radius 2 is 0.667 bits per heavy atom. The van der Waals surface area contributed by atoms with Crippen LogP contribution in [0.2, 0.25) is 0 Å². The Labute approximate surface area is 364 Å². The van der Waals surface area contributed by atoms with Gasteiger partial charge in [0.05, 0.1) is 28.1 Å². The van der Waals surface area contributed by atoms with Crippen LogP contribution in [-0.2, 0) is 0 Å². The minimum Gasteiger partial charge on any atom is -0.309 e. The van der Waals surface area contributed by atoms with Gasteiger partial charge >= 0.3 is 0 Å². The first-order valence-corrected chi connectivity index (χ1v) is 21.7. The minimum absolute atomic E-state index is 0.939. The summed E-state index contributed by atoms with van der Waals surface area (Å²) < 4.78 is 2.47. The molecule has 0 amide bonds. The quantitative estimate of drug-likeness (QED) is 0.159. The van der Waals surface area contributed by atoms with E-state index < -0.39 is 0 Å². The Morgan fingerprint density at radius 3 is 1.27 bits per heavy atom. The molecule has 0 N–H and O–H groups in total. The van der Waals surface area contributed by atoms with Crippen LogP contribution in [0.4, 0.5) is 0 Å².